The number of hydrogen-bond donors (Lipinski definition) is 1. The van der Waals surface area contributed by atoms with Gasteiger partial charge in [-0.1, -0.05) is 25.5 Å². The zero-order valence-electron chi connectivity index (χ0n) is 13.9. The van der Waals surface area contributed by atoms with Crippen molar-refractivity contribution in [3.63, 3.8) is 0 Å². The largest absolute Gasteiger partial charge is 0.389 e. The van der Waals surface area contributed by atoms with Crippen molar-refractivity contribution in [1.29, 1.82) is 0 Å². The van der Waals surface area contributed by atoms with Crippen molar-refractivity contribution < 1.29 is 5.11 Å². The molecule has 3 saturated carbocycles. The second-order valence-corrected chi connectivity index (χ2v) is 8.67. The second-order valence-electron chi connectivity index (χ2n) is 8.67. The van der Waals surface area contributed by atoms with E-state index in [2.05, 4.69) is 19.9 Å². The Labute approximate surface area is 130 Å². The Kier molecular flexibility index (Phi) is 3.30. The average molecular weight is 288 g/mol. The summed E-state index contributed by atoms with van der Waals surface area (Å²) in [5.74, 6) is 3.56. The summed E-state index contributed by atoms with van der Waals surface area (Å²) in [6.45, 7) is 4.62. The molecule has 1 N–H and O–H groups in total. The average Bonchev–Trinajstić information content (AvgIpc) is 2.79. The van der Waals surface area contributed by atoms with Crippen LogP contribution in [0.3, 0.4) is 0 Å². The number of rotatable bonds is 1. The lowest BCUT2D eigenvalue weighted by atomic mass is 9.50. The molecule has 1 heteroatoms. The van der Waals surface area contributed by atoms with Crippen LogP contribution in [-0.2, 0) is 0 Å². The molecule has 0 saturated heterocycles. The molecule has 21 heavy (non-hydrogen) atoms. The number of aliphatic hydroxyl groups is 1. The van der Waals surface area contributed by atoms with Gasteiger partial charge in [0.25, 0.3) is 0 Å². The van der Waals surface area contributed by atoms with E-state index in [-0.39, 0.29) is 11.0 Å². The minimum absolute atomic E-state index is 0.207. The van der Waals surface area contributed by atoms with E-state index in [1.54, 1.807) is 0 Å². The SMILES string of the molecule is CC[C@]1(O)CC[C@@H]2[C@@H]3CCC4=CCCC[C@@H]4[C@@H]3CC[C@]21C. The summed E-state index contributed by atoms with van der Waals surface area (Å²) in [7, 11) is 0. The summed E-state index contributed by atoms with van der Waals surface area (Å²) in [6, 6.07) is 0. The van der Waals surface area contributed by atoms with Gasteiger partial charge in [0.05, 0.1) is 5.60 Å². The quantitative estimate of drug-likeness (QED) is 0.666. The Balaban J connectivity index is 1.64. The van der Waals surface area contributed by atoms with Gasteiger partial charge in [0, 0.05) is 0 Å². The minimum atomic E-state index is -0.370. The molecule has 4 aliphatic rings. The summed E-state index contributed by atoms with van der Waals surface area (Å²) >= 11 is 0. The molecule has 0 bridgehead atoms. The molecule has 1 nitrogen and oxygen atoms in total. The molecule has 0 aromatic heterocycles. The molecule has 3 fully saturated rings. The molecule has 0 spiro atoms. The van der Waals surface area contributed by atoms with E-state index in [9.17, 15) is 5.11 Å². The van der Waals surface area contributed by atoms with Crippen LogP contribution in [0.5, 0.6) is 0 Å². The Hall–Kier alpha value is -0.300. The molecule has 4 rings (SSSR count). The zero-order valence-corrected chi connectivity index (χ0v) is 13.9. The van der Waals surface area contributed by atoms with Crippen LogP contribution in [-0.4, -0.2) is 10.7 Å². The molecule has 118 valence electrons. The van der Waals surface area contributed by atoms with Gasteiger partial charge in [-0.25, -0.2) is 0 Å². The van der Waals surface area contributed by atoms with Crippen LogP contribution < -0.4 is 0 Å². The molecule has 4 aliphatic carbocycles. The van der Waals surface area contributed by atoms with E-state index in [4.69, 9.17) is 0 Å². The summed E-state index contributed by atoms with van der Waals surface area (Å²) in [5, 5.41) is 11.2. The smallest absolute Gasteiger partial charge is 0.0701 e. The lowest BCUT2D eigenvalue weighted by Crippen LogP contribution is -2.52. The van der Waals surface area contributed by atoms with E-state index in [1.165, 1.54) is 51.4 Å². The topological polar surface area (TPSA) is 20.2 Å². The maximum atomic E-state index is 11.2. The predicted octanol–water partition coefficient (Wildman–Crippen LogP) is 5.09. The number of hydrogen-bond acceptors (Lipinski definition) is 1. The second kappa shape index (κ2) is 4.85. The van der Waals surface area contributed by atoms with Crippen molar-refractivity contribution in [1.82, 2.24) is 0 Å². The number of allylic oxidation sites excluding steroid dienone is 2. The highest BCUT2D eigenvalue weighted by molar-refractivity contribution is 5.19. The van der Waals surface area contributed by atoms with Gasteiger partial charge in [-0.05, 0) is 93.3 Å². The van der Waals surface area contributed by atoms with Crippen LogP contribution in [0.1, 0.15) is 78.1 Å². The van der Waals surface area contributed by atoms with Crippen LogP contribution in [0.2, 0.25) is 0 Å². The maximum absolute atomic E-state index is 11.2. The van der Waals surface area contributed by atoms with E-state index in [1.807, 2.05) is 5.57 Å². The first-order valence-corrected chi connectivity index (χ1v) is 9.50. The van der Waals surface area contributed by atoms with E-state index in [0.29, 0.717) is 0 Å². The highest BCUT2D eigenvalue weighted by atomic mass is 16.3. The first kappa shape index (κ1) is 14.3. The first-order chi connectivity index (χ1) is 10.1. The van der Waals surface area contributed by atoms with Gasteiger partial charge in [0.15, 0.2) is 0 Å². The maximum Gasteiger partial charge on any atom is 0.0701 e. The molecular formula is C20H32O. The summed E-state index contributed by atoms with van der Waals surface area (Å²) < 4.78 is 0. The van der Waals surface area contributed by atoms with Crippen LogP contribution in [0.25, 0.3) is 0 Å². The lowest BCUT2D eigenvalue weighted by Gasteiger charge is -2.55. The van der Waals surface area contributed by atoms with Crippen LogP contribution >= 0.6 is 0 Å². The van der Waals surface area contributed by atoms with Crippen LogP contribution in [0.4, 0.5) is 0 Å². The zero-order chi connectivity index (χ0) is 14.7. The third-order valence-corrected chi connectivity index (χ3v) is 8.28. The van der Waals surface area contributed by atoms with Crippen molar-refractivity contribution in [2.45, 2.75) is 83.7 Å². The third kappa shape index (κ3) is 1.85. The Bertz CT molecular complexity index is 453. The fourth-order valence-electron chi connectivity index (χ4n) is 6.99. The molecular weight excluding hydrogens is 256 g/mol. The predicted molar refractivity (Wildman–Crippen MR) is 86.9 cm³/mol. The van der Waals surface area contributed by atoms with Gasteiger partial charge in [-0.15, -0.1) is 0 Å². The highest BCUT2D eigenvalue weighted by Crippen LogP contribution is 2.65. The van der Waals surface area contributed by atoms with Gasteiger partial charge >= 0.3 is 0 Å². The van der Waals surface area contributed by atoms with Crippen LogP contribution in [0.15, 0.2) is 11.6 Å². The molecule has 0 aromatic rings. The Morgan fingerprint density at radius 1 is 1.14 bits per heavy atom. The van der Waals surface area contributed by atoms with Crippen molar-refractivity contribution >= 4 is 0 Å². The fourth-order valence-corrected chi connectivity index (χ4v) is 6.99. The normalized spacial score (nSPS) is 52.6. The number of fused-ring (bicyclic) bond motifs is 5. The Morgan fingerprint density at radius 2 is 2.00 bits per heavy atom. The minimum Gasteiger partial charge on any atom is -0.389 e. The van der Waals surface area contributed by atoms with Gasteiger partial charge in [0.1, 0.15) is 0 Å². The summed E-state index contributed by atoms with van der Waals surface area (Å²) in [6.07, 6.45) is 15.5. The van der Waals surface area contributed by atoms with Crippen molar-refractivity contribution in [3.8, 4) is 0 Å². The molecule has 0 aromatic carbocycles. The highest BCUT2D eigenvalue weighted by Gasteiger charge is 2.61. The van der Waals surface area contributed by atoms with Crippen molar-refractivity contribution in [2.24, 2.45) is 29.1 Å². The van der Waals surface area contributed by atoms with Gasteiger partial charge in [0.2, 0.25) is 0 Å². The van der Waals surface area contributed by atoms with Crippen molar-refractivity contribution in [2.75, 3.05) is 0 Å². The van der Waals surface area contributed by atoms with Gasteiger partial charge in [-0.2, -0.15) is 0 Å². The first-order valence-electron chi connectivity index (χ1n) is 9.50. The molecule has 6 atom stereocenters. The van der Waals surface area contributed by atoms with Gasteiger partial charge < -0.3 is 5.11 Å². The standard InChI is InChI=1S/C20H32O/c1-3-20(21)13-11-18-17-9-8-14-6-4-5-7-15(14)16(17)10-12-19(18,20)2/h6,15-18,21H,3-5,7-13H2,1-2H3/t15-,16-,17+,18+,19+,20-/m0/s1. The molecule has 0 heterocycles. The Morgan fingerprint density at radius 3 is 2.81 bits per heavy atom. The molecule has 0 amide bonds. The van der Waals surface area contributed by atoms with Crippen LogP contribution in [0, 0.1) is 29.1 Å². The monoisotopic (exact) mass is 288 g/mol. The third-order valence-electron chi connectivity index (χ3n) is 8.28. The summed E-state index contributed by atoms with van der Waals surface area (Å²) in [5.41, 5.74) is 1.65. The molecule has 0 unspecified atom stereocenters. The van der Waals surface area contributed by atoms with Crippen molar-refractivity contribution in [3.05, 3.63) is 11.6 Å². The van der Waals surface area contributed by atoms with Gasteiger partial charge in [-0.3, -0.25) is 0 Å². The molecule has 0 radical (unpaired) electrons. The molecule has 0 aliphatic heterocycles. The van der Waals surface area contributed by atoms with E-state index < -0.39 is 0 Å². The van der Waals surface area contributed by atoms with E-state index in [0.717, 1.165) is 36.5 Å². The lowest BCUT2D eigenvalue weighted by molar-refractivity contribution is -0.119. The van der Waals surface area contributed by atoms with E-state index >= 15 is 0 Å². The fraction of sp³-hybridized carbons (Fsp3) is 0.900. The summed E-state index contributed by atoms with van der Waals surface area (Å²) in [4.78, 5) is 0.